The summed E-state index contributed by atoms with van der Waals surface area (Å²) in [6.07, 6.45) is 24.5. The molecular weight excluding hydrogens is 584 g/mol. The van der Waals surface area contributed by atoms with Crippen LogP contribution >= 0.6 is 0 Å². The number of aliphatic hydroxyl groups is 1. The number of unbranched alkanes of at least 4 members (excludes halogenated alkanes) is 2. The van der Waals surface area contributed by atoms with Crippen molar-refractivity contribution < 1.29 is 24.2 Å². The number of rotatable bonds is 22. The predicted molar refractivity (Wildman–Crippen MR) is 193 cm³/mol. The fraction of sp³-hybridized carbons (Fsp3) is 0.714. The summed E-state index contributed by atoms with van der Waals surface area (Å²) in [5.74, 6) is 3.05. The van der Waals surface area contributed by atoms with Crippen LogP contribution in [0.4, 0.5) is 0 Å². The second kappa shape index (κ2) is 22.3. The van der Waals surface area contributed by atoms with Gasteiger partial charge in [-0.15, -0.1) is 0 Å². The summed E-state index contributed by atoms with van der Waals surface area (Å²) in [4.78, 5) is 24.0. The molecule has 1 atom stereocenters. The van der Waals surface area contributed by atoms with Crippen LogP contribution in [0.25, 0.3) is 0 Å². The van der Waals surface area contributed by atoms with Gasteiger partial charge in [-0.05, 0) is 111 Å². The third kappa shape index (κ3) is 14.7. The zero-order valence-corrected chi connectivity index (χ0v) is 30.0. The Morgan fingerprint density at radius 3 is 1.72 bits per heavy atom. The molecule has 0 heterocycles. The minimum Gasteiger partial charge on any atom is -0.462 e. The molecule has 0 radical (unpaired) electrons. The average molecular weight is 651 g/mol. The van der Waals surface area contributed by atoms with E-state index in [-0.39, 0.29) is 18.1 Å². The highest BCUT2D eigenvalue weighted by molar-refractivity contribution is 5.88. The summed E-state index contributed by atoms with van der Waals surface area (Å²) < 4.78 is 10.7. The van der Waals surface area contributed by atoms with Crippen molar-refractivity contribution in [2.45, 2.75) is 142 Å². The maximum atomic E-state index is 12.0. The Hall–Kier alpha value is -2.40. The van der Waals surface area contributed by atoms with E-state index in [1.807, 2.05) is 6.92 Å². The molecule has 1 unspecified atom stereocenters. The van der Waals surface area contributed by atoms with E-state index in [9.17, 15) is 9.59 Å². The van der Waals surface area contributed by atoms with Gasteiger partial charge in [-0.1, -0.05) is 109 Å². The van der Waals surface area contributed by atoms with Gasteiger partial charge in [0, 0.05) is 5.57 Å². The lowest BCUT2D eigenvalue weighted by molar-refractivity contribution is -0.139. The first-order chi connectivity index (χ1) is 22.8. The molecule has 5 nitrogen and oxygen atoms in total. The topological polar surface area (TPSA) is 72.8 Å². The van der Waals surface area contributed by atoms with E-state index >= 15 is 0 Å². The number of carbonyl (C=O) groups is 2. The molecular formula is C42H66O5. The van der Waals surface area contributed by atoms with E-state index in [2.05, 4.69) is 44.3 Å². The number of hydrogen-bond acceptors (Lipinski definition) is 5. The minimum atomic E-state index is -0.541. The number of esters is 2. The summed E-state index contributed by atoms with van der Waals surface area (Å²) >= 11 is 0. The van der Waals surface area contributed by atoms with Gasteiger partial charge < -0.3 is 14.6 Å². The average Bonchev–Trinajstić information content (AvgIpc) is 3.10. The van der Waals surface area contributed by atoms with Crippen LogP contribution in [-0.2, 0) is 31.9 Å². The number of carbonyl (C=O) groups excluding carboxylic acids is 2. The molecule has 0 bridgehead atoms. The van der Waals surface area contributed by atoms with E-state index in [0.717, 1.165) is 49.4 Å². The molecule has 0 saturated heterocycles. The molecule has 0 aromatic heterocycles. The summed E-state index contributed by atoms with van der Waals surface area (Å²) in [6, 6.07) is 9.48. The molecule has 2 aliphatic carbocycles. The smallest absolute Gasteiger partial charge is 0.335 e. The highest BCUT2D eigenvalue weighted by Crippen LogP contribution is 2.43. The van der Waals surface area contributed by atoms with Crippen LogP contribution < -0.4 is 0 Å². The van der Waals surface area contributed by atoms with Gasteiger partial charge in [0.05, 0.1) is 25.4 Å². The second-order valence-electron chi connectivity index (χ2n) is 14.7. The number of aryl methyl sites for hydroxylation is 2. The Bertz CT molecular complexity index is 1020. The number of ether oxygens (including phenoxy) is 2. The third-order valence-corrected chi connectivity index (χ3v) is 11.3. The van der Waals surface area contributed by atoms with Crippen LogP contribution in [0, 0.1) is 29.6 Å². The van der Waals surface area contributed by atoms with Gasteiger partial charge in [0.2, 0.25) is 0 Å². The van der Waals surface area contributed by atoms with Gasteiger partial charge in [0.25, 0.3) is 0 Å². The monoisotopic (exact) mass is 650 g/mol. The van der Waals surface area contributed by atoms with E-state index in [1.54, 1.807) is 0 Å². The predicted octanol–water partition coefficient (Wildman–Crippen LogP) is 10.1. The van der Waals surface area contributed by atoms with Gasteiger partial charge in [-0.3, -0.25) is 0 Å². The molecule has 0 spiro atoms. The first-order valence-electron chi connectivity index (χ1n) is 19.2. The second-order valence-corrected chi connectivity index (χ2v) is 14.7. The number of hydrogen-bond donors (Lipinski definition) is 1. The van der Waals surface area contributed by atoms with Crippen molar-refractivity contribution in [2.75, 3.05) is 19.8 Å². The molecule has 1 aromatic rings. The lowest BCUT2D eigenvalue weighted by atomic mass is 9.68. The largest absolute Gasteiger partial charge is 0.462 e. The molecule has 1 N–H and O–H groups in total. The summed E-state index contributed by atoms with van der Waals surface area (Å²) in [6.45, 7) is 11.7. The summed E-state index contributed by atoms with van der Waals surface area (Å²) in [7, 11) is 0. The lowest BCUT2D eigenvalue weighted by Crippen LogP contribution is -2.26. The molecule has 3 rings (SSSR count). The van der Waals surface area contributed by atoms with E-state index in [1.165, 1.54) is 107 Å². The van der Waals surface area contributed by atoms with Gasteiger partial charge >= 0.3 is 11.9 Å². The normalized spacial score (nSPS) is 21.9. The fourth-order valence-corrected chi connectivity index (χ4v) is 7.90. The van der Waals surface area contributed by atoms with Crippen molar-refractivity contribution in [2.24, 2.45) is 29.6 Å². The molecule has 5 heteroatoms. The fourth-order valence-electron chi connectivity index (χ4n) is 7.90. The molecule has 1 aromatic carbocycles. The quantitative estimate of drug-likeness (QED) is 0.0768. The van der Waals surface area contributed by atoms with Crippen molar-refractivity contribution in [3.05, 3.63) is 59.7 Å². The molecule has 2 fully saturated rings. The Balaban J connectivity index is 1.31. The van der Waals surface area contributed by atoms with E-state index < -0.39 is 12.6 Å². The molecule has 2 aliphatic rings. The number of aliphatic hydroxyl groups excluding tert-OH is 1. The first kappa shape index (κ1) is 39.0. The van der Waals surface area contributed by atoms with Crippen LogP contribution in [0.1, 0.15) is 141 Å². The molecule has 0 amide bonds. The van der Waals surface area contributed by atoms with Gasteiger partial charge in [0.1, 0.15) is 0 Å². The van der Waals surface area contributed by atoms with Gasteiger partial charge in [0.15, 0.2) is 0 Å². The highest BCUT2D eigenvalue weighted by Gasteiger charge is 2.30. The minimum absolute atomic E-state index is 0.0756. The Morgan fingerprint density at radius 1 is 0.702 bits per heavy atom. The standard InChI is InChI=1S/C42H66O5/c1-5-7-8-10-34-13-15-37(16-14-34)17-18-38-21-25-40(26-22-38)39-23-19-35(20-24-39)11-9-12-36(27-29-46-41(44)32(3)6-2)28-30-47-42(45)33(4)31-43/h13-16,35-36,38-40,43H,3-12,17-31H2,1-2H3. The van der Waals surface area contributed by atoms with Crippen molar-refractivity contribution >= 4 is 11.9 Å². The summed E-state index contributed by atoms with van der Waals surface area (Å²) in [5, 5.41) is 9.12. The highest BCUT2D eigenvalue weighted by atomic mass is 16.5. The van der Waals surface area contributed by atoms with Crippen molar-refractivity contribution in [1.82, 2.24) is 0 Å². The summed E-state index contributed by atoms with van der Waals surface area (Å²) in [5.41, 5.74) is 3.59. The zero-order chi connectivity index (χ0) is 33.9. The molecule has 264 valence electrons. The first-order valence-corrected chi connectivity index (χ1v) is 19.2. The van der Waals surface area contributed by atoms with Gasteiger partial charge in [-0.2, -0.15) is 0 Å². The Kier molecular flexibility index (Phi) is 18.5. The third-order valence-electron chi connectivity index (χ3n) is 11.3. The molecule has 47 heavy (non-hydrogen) atoms. The maximum Gasteiger partial charge on any atom is 0.335 e. The van der Waals surface area contributed by atoms with Crippen LogP contribution in [0.5, 0.6) is 0 Å². The SMILES string of the molecule is C=C(CC)C(=O)OCCC(CCCC1CCC(C2CCC(CCc3ccc(CCCCC)cc3)CC2)CC1)CCOC(=O)C(=C)CO. The van der Waals surface area contributed by atoms with Crippen LogP contribution in [0.15, 0.2) is 48.6 Å². The van der Waals surface area contributed by atoms with Gasteiger partial charge in [-0.25, -0.2) is 9.59 Å². The van der Waals surface area contributed by atoms with E-state index in [4.69, 9.17) is 14.6 Å². The van der Waals surface area contributed by atoms with Crippen LogP contribution in [0.2, 0.25) is 0 Å². The van der Waals surface area contributed by atoms with Crippen LogP contribution in [-0.4, -0.2) is 36.9 Å². The van der Waals surface area contributed by atoms with Crippen LogP contribution in [0.3, 0.4) is 0 Å². The van der Waals surface area contributed by atoms with E-state index in [0.29, 0.717) is 24.5 Å². The number of benzene rings is 1. The Morgan fingerprint density at radius 2 is 1.21 bits per heavy atom. The maximum absolute atomic E-state index is 12.0. The molecule has 2 saturated carbocycles. The lowest BCUT2D eigenvalue weighted by Gasteiger charge is -2.38. The van der Waals surface area contributed by atoms with Crippen molar-refractivity contribution in [3.63, 3.8) is 0 Å². The zero-order valence-electron chi connectivity index (χ0n) is 30.0. The van der Waals surface area contributed by atoms with Crippen molar-refractivity contribution in [1.29, 1.82) is 0 Å². The molecule has 0 aliphatic heterocycles. The van der Waals surface area contributed by atoms with Crippen molar-refractivity contribution in [3.8, 4) is 0 Å². The Labute approximate surface area is 287 Å².